The lowest BCUT2D eigenvalue weighted by molar-refractivity contribution is -0.0546. The van der Waals surface area contributed by atoms with Crippen LogP contribution in [0.1, 0.15) is 60.3 Å². The summed E-state index contributed by atoms with van der Waals surface area (Å²) < 4.78 is 6.17. The number of rotatable bonds is 7. The number of aliphatic hydroxyl groups excluding tert-OH is 1. The molecule has 4 atom stereocenters. The van der Waals surface area contributed by atoms with Gasteiger partial charge in [-0.25, -0.2) is 0 Å². The lowest BCUT2D eigenvalue weighted by atomic mass is 9.70. The van der Waals surface area contributed by atoms with E-state index in [2.05, 4.69) is 39.9 Å². The molecule has 20 heavy (non-hydrogen) atoms. The zero-order valence-corrected chi connectivity index (χ0v) is 13.9. The van der Waals surface area contributed by atoms with Crippen molar-refractivity contribution in [1.82, 2.24) is 5.32 Å². The summed E-state index contributed by atoms with van der Waals surface area (Å²) in [6, 6.07) is 0.427. The van der Waals surface area contributed by atoms with Crippen LogP contribution in [0.3, 0.4) is 0 Å². The van der Waals surface area contributed by atoms with Crippen molar-refractivity contribution in [2.75, 3.05) is 13.2 Å². The van der Waals surface area contributed by atoms with Crippen molar-refractivity contribution in [1.29, 1.82) is 0 Å². The molecule has 2 aliphatic carbocycles. The molecule has 0 unspecified atom stereocenters. The maximum Gasteiger partial charge on any atom is 0.0686 e. The van der Waals surface area contributed by atoms with Gasteiger partial charge in [-0.3, -0.25) is 0 Å². The first kappa shape index (κ1) is 16.3. The van der Waals surface area contributed by atoms with E-state index in [-0.39, 0.29) is 6.10 Å². The fraction of sp³-hybridized carbons (Fsp3) is 1.00. The molecule has 0 spiro atoms. The average molecular weight is 283 g/mol. The van der Waals surface area contributed by atoms with E-state index in [1.165, 1.54) is 19.3 Å². The van der Waals surface area contributed by atoms with Gasteiger partial charge in [0.1, 0.15) is 0 Å². The monoisotopic (exact) mass is 283 g/mol. The molecule has 3 heteroatoms. The first-order chi connectivity index (χ1) is 9.27. The summed E-state index contributed by atoms with van der Waals surface area (Å²) in [7, 11) is 0. The topological polar surface area (TPSA) is 41.5 Å². The predicted molar refractivity (Wildman–Crippen MR) is 82.7 cm³/mol. The summed E-state index contributed by atoms with van der Waals surface area (Å²) in [5, 5.41) is 13.2. The van der Waals surface area contributed by atoms with E-state index in [1.54, 1.807) is 0 Å². The Hall–Kier alpha value is -0.120. The SMILES string of the molecule is CC(C)NC[C@H](O)CCO[C@@H]1C[C@H]2CC[C@@]1(C)C2(C)C. The van der Waals surface area contributed by atoms with Gasteiger partial charge in [0.05, 0.1) is 12.2 Å². The molecule has 2 fully saturated rings. The Balaban J connectivity index is 1.73. The molecule has 2 bridgehead atoms. The zero-order chi connectivity index (χ0) is 15.0. The van der Waals surface area contributed by atoms with Gasteiger partial charge in [-0.2, -0.15) is 0 Å². The fourth-order valence-corrected chi connectivity index (χ4v) is 4.20. The van der Waals surface area contributed by atoms with Crippen LogP contribution in [0.2, 0.25) is 0 Å². The zero-order valence-electron chi connectivity index (χ0n) is 13.9. The minimum absolute atomic E-state index is 0.295. The van der Waals surface area contributed by atoms with Crippen molar-refractivity contribution in [3.63, 3.8) is 0 Å². The highest BCUT2D eigenvalue weighted by molar-refractivity contribution is 5.11. The van der Waals surface area contributed by atoms with Crippen LogP contribution >= 0.6 is 0 Å². The van der Waals surface area contributed by atoms with Gasteiger partial charge in [0.15, 0.2) is 0 Å². The third-order valence-corrected chi connectivity index (χ3v) is 6.25. The summed E-state index contributed by atoms with van der Waals surface area (Å²) in [6.45, 7) is 12.8. The smallest absolute Gasteiger partial charge is 0.0686 e. The maximum absolute atomic E-state index is 9.93. The lowest BCUT2D eigenvalue weighted by Crippen LogP contribution is -2.38. The van der Waals surface area contributed by atoms with Crippen molar-refractivity contribution in [2.45, 2.75) is 78.6 Å². The minimum Gasteiger partial charge on any atom is -0.392 e. The highest BCUT2D eigenvalue weighted by Gasteiger charge is 2.61. The number of hydrogen-bond donors (Lipinski definition) is 2. The van der Waals surface area contributed by atoms with E-state index in [0.717, 1.165) is 12.3 Å². The second-order valence-corrected chi connectivity index (χ2v) is 7.98. The van der Waals surface area contributed by atoms with E-state index in [0.29, 0.717) is 36.1 Å². The molecule has 118 valence electrons. The number of hydrogen-bond acceptors (Lipinski definition) is 3. The van der Waals surface area contributed by atoms with Crippen molar-refractivity contribution in [3.8, 4) is 0 Å². The highest BCUT2D eigenvalue weighted by atomic mass is 16.5. The molecule has 0 saturated heterocycles. The summed E-state index contributed by atoms with van der Waals surface area (Å²) >= 11 is 0. The van der Waals surface area contributed by atoms with Gasteiger partial charge in [0.2, 0.25) is 0 Å². The molecular formula is C17H33NO2. The van der Waals surface area contributed by atoms with Gasteiger partial charge in [-0.1, -0.05) is 34.6 Å². The Morgan fingerprint density at radius 1 is 1.30 bits per heavy atom. The Morgan fingerprint density at radius 2 is 2.00 bits per heavy atom. The Kier molecular flexibility index (Phi) is 4.83. The first-order valence-corrected chi connectivity index (χ1v) is 8.30. The van der Waals surface area contributed by atoms with E-state index < -0.39 is 0 Å². The molecule has 0 heterocycles. The highest BCUT2D eigenvalue weighted by Crippen LogP contribution is 2.66. The Bertz CT molecular complexity index is 329. The van der Waals surface area contributed by atoms with Crippen LogP contribution in [-0.2, 0) is 4.74 Å². The van der Waals surface area contributed by atoms with Crippen LogP contribution in [0.25, 0.3) is 0 Å². The summed E-state index contributed by atoms with van der Waals surface area (Å²) in [6.07, 6.45) is 4.71. The van der Waals surface area contributed by atoms with Crippen LogP contribution in [0.5, 0.6) is 0 Å². The second kappa shape index (κ2) is 5.94. The van der Waals surface area contributed by atoms with Crippen molar-refractivity contribution >= 4 is 0 Å². The Labute approximate surface area is 124 Å². The normalized spacial score (nSPS) is 36.8. The van der Waals surface area contributed by atoms with Crippen molar-refractivity contribution in [2.24, 2.45) is 16.7 Å². The standard InChI is InChI=1S/C17H33NO2/c1-12(2)18-11-14(19)7-9-20-15-10-13-6-8-17(15,5)16(13,3)4/h12-15,18-19H,6-11H2,1-5H3/t13-,14-,15-,17-/m1/s1. The van der Waals surface area contributed by atoms with Crippen LogP contribution < -0.4 is 5.32 Å². The van der Waals surface area contributed by atoms with E-state index in [9.17, 15) is 5.11 Å². The largest absolute Gasteiger partial charge is 0.392 e. The maximum atomic E-state index is 9.93. The van der Waals surface area contributed by atoms with Gasteiger partial charge in [0.25, 0.3) is 0 Å². The van der Waals surface area contributed by atoms with Crippen molar-refractivity contribution in [3.05, 3.63) is 0 Å². The summed E-state index contributed by atoms with van der Waals surface area (Å²) in [4.78, 5) is 0. The average Bonchev–Trinajstić information content (AvgIpc) is 2.69. The molecular weight excluding hydrogens is 250 g/mol. The molecule has 0 aromatic carbocycles. The van der Waals surface area contributed by atoms with Crippen LogP contribution in [0.15, 0.2) is 0 Å². The first-order valence-electron chi connectivity index (χ1n) is 8.30. The lowest BCUT2D eigenvalue weighted by Gasteiger charge is -2.39. The van der Waals surface area contributed by atoms with E-state index in [1.807, 2.05) is 0 Å². The summed E-state index contributed by atoms with van der Waals surface area (Å²) in [5.74, 6) is 0.824. The van der Waals surface area contributed by atoms with Gasteiger partial charge >= 0.3 is 0 Å². The van der Waals surface area contributed by atoms with Gasteiger partial charge in [0, 0.05) is 19.2 Å². The molecule has 0 aromatic heterocycles. The molecule has 0 aromatic rings. The van der Waals surface area contributed by atoms with E-state index >= 15 is 0 Å². The van der Waals surface area contributed by atoms with Crippen molar-refractivity contribution < 1.29 is 9.84 Å². The number of nitrogens with one attached hydrogen (secondary N) is 1. The number of ether oxygens (including phenoxy) is 1. The molecule has 2 saturated carbocycles. The third-order valence-electron chi connectivity index (χ3n) is 6.25. The van der Waals surface area contributed by atoms with Crippen LogP contribution in [0.4, 0.5) is 0 Å². The van der Waals surface area contributed by atoms with Gasteiger partial charge < -0.3 is 15.2 Å². The molecule has 2 rings (SSSR count). The number of aliphatic hydroxyl groups is 1. The quantitative estimate of drug-likeness (QED) is 0.755. The molecule has 2 aliphatic rings. The van der Waals surface area contributed by atoms with Gasteiger partial charge in [-0.15, -0.1) is 0 Å². The summed E-state index contributed by atoms with van der Waals surface area (Å²) in [5.41, 5.74) is 0.744. The third kappa shape index (κ3) is 2.90. The fourth-order valence-electron chi connectivity index (χ4n) is 4.20. The molecule has 0 aliphatic heterocycles. The Morgan fingerprint density at radius 3 is 2.50 bits per heavy atom. The van der Waals surface area contributed by atoms with Crippen LogP contribution in [0, 0.1) is 16.7 Å². The second-order valence-electron chi connectivity index (χ2n) is 7.98. The molecule has 0 amide bonds. The van der Waals surface area contributed by atoms with Crippen LogP contribution in [-0.4, -0.2) is 36.5 Å². The van der Waals surface area contributed by atoms with Gasteiger partial charge in [-0.05, 0) is 42.4 Å². The molecule has 2 N–H and O–H groups in total. The van der Waals surface area contributed by atoms with E-state index in [4.69, 9.17) is 4.74 Å². The molecule has 3 nitrogen and oxygen atoms in total. The minimum atomic E-state index is -0.295. The number of fused-ring (bicyclic) bond motifs is 2. The molecule has 0 radical (unpaired) electrons. The predicted octanol–water partition coefficient (Wildman–Crippen LogP) is 2.97.